The van der Waals surface area contributed by atoms with Crippen molar-refractivity contribution in [2.75, 3.05) is 0 Å². The van der Waals surface area contributed by atoms with Crippen LogP contribution in [0.15, 0.2) is 72.9 Å². The predicted molar refractivity (Wildman–Crippen MR) is 92.9 cm³/mol. The molecule has 0 unspecified atom stereocenters. The molecule has 0 atom stereocenters. The second kappa shape index (κ2) is 8.22. The van der Waals surface area contributed by atoms with Crippen molar-refractivity contribution in [2.45, 2.75) is 12.8 Å². The Balaban J connectivity index is 2.42. The van der Waals surface area contributed by atoms with Gasteiger partial charge in [0, 0.05) is 16.7 Å². The monoisotopic (exact) mass is 301 g/mol. The first-order valence-corrected chi connectivity index (χ1v) is 7.31. The Kier molecular flexibility index (Phi) is 5.74. The van der Waals surface area contributed by atoms with Crippen LogP contribution in [0.5, 0.6) is 0 Å². The summed E-state index contributed by atoms with van der Waals surface area (Å²) in [4.78, 5) is 3.19. The number of hydrogen-bond donors (Lipinski definition) is 1. The summed E-state index contributed by atoms with van der Waals surface area (Å²) in [5.41, 5.74) is 2.34. The van der Waals surface area contributed by atoms with Crippen LogP contribution in [0.25, 0.3) is 10.7 Å². The summed E-state index contributed by atoms with van der Waals surface area (Å²) >= 11 is 0. The molecular formula is C20H17N2O+. The van der Waals surface area contributed by atoms with Crippen molar-refractivity contribution >= 4 is 5.76 Å². The quantitative estimate of drug-likeness (QED) is 0.368. The second-order valence-electron chi connectivity index (χ2n) is 4.88. The third-order valence-electron chi connectivity index (χ3n) is 3.28. The van der Waals surface area contributed by atoms with Crippen molar-refractivity contribution in [3.63, 3.8) is 0 Å². The highest BCUT2D eigenvalue weighted by atomic mass is 16.3. The highest BCUT2D eigenvalue weighted by Crippen LogP contribution is 2.23. The zero-order valence-electron chi connectivity index (χ0n) is 12.7. The van der Waals surface area contributed by atoms with Crippen LogP contribution in [0.4, 0.5) is 0 Å². The molecule has 0 fully saturated rings. The SMILES string of the molecule is C=CCC/C([N+]#N)=C(\O)c1ccccc1C#Cc1ccccc1. The van der Waals surface area contributed by atoms with Crippen LogP contribution in [0.2, 0.25) is 0 Å². The third-order valence-corrected chi connectivity index (χ3v) is 3.28. The summed E-state index contributed by atoms with van der Waals surface area (Å²) < 4.78 is 0. The van der Waals surface area contributed by atoms with E-state index in [2.05, 4.69) is 23.4 Å². The molecule has 0 aliphatic heterocycles. The average molecular weight is 301 g/mol. The first kappa shape index (κ1) is 16.1. The first-order chi connectivity index (χ1) is 11.3. The molecule has 0 aliphatic rings. The van der Waals surface area contributed by atoms with Crippen LogP contribution in [0, 0.1) is 17.2 Å². The van der Waals surface area contributed by atoms with Gasteiger partial charge in [-0.1, -0.05) is 48.2 Å². The lowest BCUT2D eigenvalue weighted by Crippen LogP contribution is -1.93. The van der Waals surface area contributed by atoms with E-state index < -0.39 is 0 Å². The maximum Gasteiger partial charge on any atom is 0.403 e. The molecule has 2 rings (SSSR count). The molecule has 0 saturated carbocycles. The Labute approximate surface area is 136 Å². The molecule has 0 aromatic heterocycles. The summed E-state index contributed by atoms with van der Waals surface area (Å²) in [7, 11) is 0. The van der Waals surface area contributed by atoms with Crippen LogP contribution in [0.1, 0.15) is 29.5 Å². The van der Waals surface area contributed by atoms with Gasteiger partial charge in [-0.25, -0.2) is 0 Å². The number of hydrogen-bond acceptors (Lipinski definition) is 2. The standard InChI is InChI=1S/C20H16N2O/c1-2-3-13-19(22-21)20(23)18-12-8-7-11-17(18)15-14-16-9-5-4-6-10-16/h2,4-12H,1,3,13H2/p+1/b20-19+. The van der Waals surface area contributed by atoms with E-state index in [1.807, 2.05) is 48.5 Å². The number of nitrogens with zero attached hydrogens (tertiary/aromatic N) is 2. The average Bonchev–Trinajstić information content (AvgIpc) is 2.61. The molecule has 3 heteroatoms. The van der Waals surface area contributed by atoms with E-state index in [1.165, 1.54) is 0 Å². The molecule has 0 radical (unpaired) electrons. The predicted octanol–water partition coefficient (Wildman–Crippen LogP) is 5.13. The molecule has 0 bridgehead atoms. The minimum absolute atomic E-state index is 0.0627. The van der Waals surface area contributed by atoms with Crippen LogP contribution in [0.3, 0.4) is 0 Å². The first-order valence-electron chi connectivity index (χ1n) is 7.31. The number of rotatable bonds is 4. The minimum atomic E-state index is -0.0627. The lowest BCUT2D eigenvalue weighted by Gasteiger charge is -2.01. The number of allylic oxidation sites excluding steroid dienone is 2. The number of diazo groups is 1. The van der Waals surface area contributed by atoms with Crippen molar-refractivity contribution in [1.29, 1.82) is 5.39 Å². The fourth-order valence-electron chi connectivity index (χ4n) is 2.07. The van der Waals surface area contributed by atoms with Gasteiger partial charge >= 0.3 is 5.70 Å². The van der Waals surface area contributed by atoms with Crippen LogP contribution in [-0.4, -0.2) is 5.11 Å². The van der Waals surface area contributed by atoms with E-state index in [1.54, 1.807) is 12.1 Å². The summed E-state index contributed by atoms with van der Waals surface area (Å²) in [5, 5.41) is 19.5. The van der Waals surface area contributed by atoms with Crippen molar-refractivity contribution < 1.29 is 5.11 Å². The molecule has 3 nitrogen and oxygen atoms in total. The van der Waals surface area contributed by atoms with Crippen molar-refractivity contribution in [3.05, 3.63) is 94.6 Å². The van der Waals surface area contributed by atoms with E-state index in [4.69, 9.17) is 5.39 Å². The minimum Gasteiger partial charge on any atom is -0.501 e. The molecule has 0 amide bonds. The van der Waals surface area contributed by atoms with Crippen LogP contribution in [-0.2, 0) is 0 Å². The van der Waals surface area contributed by atoms with Gasteiger partial charge in [-0.15, -0.1) is 6.58 Å². The third kappa shape index (κ3) is 4.33. The molecule has 0 spiro atoms. The normalized spacial score (nSPS) is 10.7. The van der Waals surface area contributed by atoms with Crippen LogP contribution < -0.4 is 0 Å². The van der Waals surface area contributed by atoms with E-state index in [9.17, 15) is 5.11 Å². The Morgan fingerprint density at radius 1 is 1.09 bits per heavy atom. The number of benzene rings is 2. The van der Waals surface area contributed by atoms with Gasteiger partial charge in [-0.05, 0) is 30.7 Å². The van der Waals surface area contributed by atoms with E-state index in [0.717, 1.165) is 5.56 Å². The van der Waals surface area contributed by atoms with Gasteiger partial charge in [-0.2, -0.15) is 0 Å². The lowest BCUT2D eigenvalue weighted by molar-refractivity contribution is 0.505. The van der Waals surface area contributed by atoms with E-state index >= 15 is 0 Å². The summed E-state index contributed by atoms with van der Waals surface area (Å²) in [6.07, 6.45) is 2.73. The van der Waals surface area contributed by atoms with Gasteiger partial charge in [0.1, 0.15) is 0 Å². The Hall–Kier alpha value is -3.30. The Morgan fingerprint density at radius 2 is 1.78 bits per heavy atom. The zero-order valence-corrected chi connectivity index (χ0v) is 12.7. The molecule has 23 heavy (non-hydrogen) atoms. The fourth-order valence-corrected chi connectivity index (χ4v) is 2.07. The van der Waals surface area contributed by atoms with Gasteiger partial charge < -0.3 is 5.11 Å². The van der Waals surface area contributed by atoms with E-state index in [0.29, 0.717) is 24.0 Å². The van der Waals surface area contributed by atoms with Gasteiger partial charge in [0.25, 0.3) is 0 Å². The van der Waals surface area contributed by atoms with Gasteiger partial charge in [0.2, 0.25) is 11.2 Å². The van der Waals surface area contributed by atoms with Crippen molar-refractivity contribution in [1.82, 2.24) is 0 Å². The molecule has 2 aromatic carbocycles. The van der Waals surface area contributed by atoms with Crippen molar-refractivity contribution in [3.8, 4) is 11.8 Å². The Morgan fingerprint density at radius 3 is 2.48 bits per heavy atom. The smallest absolute Gasteiger partial charge is 0.403 e. The summed E-state index contributed by atoms with van der Waals surface area (Å²) in [5.74, 6) is 6.06. The second-order valence-corrected chi connectivity index (χ2v) is 4.88. The molecule has 0 heterocycles. The van der Waals surface area contributed by atoms with Gasteiger partial charge in [0.15, 0.2) is 4.98 Å². The largest absolute Gasteiger partial charge is 0.501 e. The molecule has 112 valence electrons. The van der Waals surface area contributed by atoms with E-state index in [-0.39, 0.29) is 11.5 Å². The number of aliphatic hydroxyl groups excluding tert-OH is 1. The molecule has 2 aromatic rings. The molecular weight excluding hydrogens is 284 g/mol. The fraction of sp³-hybridized carbons (Fsp3) is 0.100. The highest BCUT2D eigenvalue weighted by molar-refractivity contribution is 5.69. The lowest BCUT2D eigenvalue weighted by atomic mass is 10.0. The summed E-state index contributed by atoms with van der Waals surface area (Å²) in [6.45, 7) is 3.63. The van der Waals surface area contributed by atoms with Crippen molar-refractivity contribution in [2.24, 2.45) is 0 Å². The molecule has 1 N–H and O–H groups in total. The molecule has 0 saturated heterocycles. The topological polar surface area (TPSA) is 48.4 Å². The highest BCUT2D eigenvalue weighted by Gasteiger charge is 2.20. The maximum absolute atomic E-state index is 10.4. The zero-order chi connectivity index (χ0) is 16.5. The van der Waals surface area contributed by atoms with Gasteiger partial charge in [-0.3, -0.25) is 0 Å². The maximum atomic E-state index is 10.4. The van der Waals surface area contributed by atoms with Crippen LogP contribution >= 0.6 is 0 Å². The van der Waals surface area contributed by atoms with Gasteiger partial charge in [0.05, 0.1) is 6.42 Å². The Bertz CT molecular complexity index is 818. The number of aliphatic hydroxyl groups is 1. The summed E-state index contributed by atoms with van der Waals surface area (Å²) in [6, 6.07) is 16.9. The molecule has 0 aliphatic carbocycles.